The summed E-state index contributed by atoms with van der Waals surface area (Å²) >= 11 is 3.34. The van der Waals surface area contributed by atoms with E-state index in [1.807, 2.05) is 12.1 Å². The summed E-state index contributed by atoms with van der Waals surface area (Å²) in [7, 11) is 3.36. The minimum atomic E-state index is 0.00496. The van der Waals surface area contributed by atoms with Crippen molar-refractivity contribution in [3.63, 3.8) is 0 Å². The molecule has 0 bridgehead atoms. The van der Waals surface area contributed by atoms with Gasteiger partial charge in [-0.25, -0.2) is 4.98 Å². The van der Waals surface area contributed by atoms with Gasteiger partial charge in [-0.1, -0.05) is 18.2 Å². The van der Waals surface area contributed by atoms with E-state index in [1.165, 1.54) is 10.4 Å². The van der Waals surface area contributed by atoms with Crippen LogP contribution in [-0.4, -0.2) is 56.3 Å². The van der Waals surface area contributed by atoms with Crippen molar-refractivity contribution in [2.45, 2.75) is 19.4 Å². The number of aromatic nitrogens is 2. The summed E-state index contributed by atoms with van der Waals surface area (Å²) in [6.45, 7) is 3.71. The number of methoxy groups -OCH3 is 2. The number of hydrogen-bond donors (Lipinski definition) is 4. The third-order valence-corrected chi connectivity index (χ3v) is 9.14. The molecule has 0 saturated heterocycles. The van der Waals surface area contributed by atoms with Gasteiger partial charge in [-0.2, -0.15) is 0 Å². The highest BCUT2D eigenvalue weighted by molar-refractivity contribution is 7.23. The summed E-state index contributed by atoms with van der Waals surface area (Å²) in [6.07, 6.45) is 1.33. The van der Waals surface area contributed by atoms with Crippen molar-refractivity contribution in [2.24, 2.45) is 0 Å². The number of thiophene rings is 1. The second kappa shape index (κ2) is 11.4. The Labute approximate surface area is 234 Å². The molecule has 4 heterocycles. The number of benzene rings is 2. The molecule has 39 heavy (non-hydrogen) atoms. The lowest BCUT2D eigenvalue weighted by atomic mass is 10.0. The van der Waals surface area contributed by atoms with Crippen LogP contribution in [0.1, 0.15) is 16.9 Å². The SMILES string of the molecule is COCCNCCC(=O)Nc1sc2c(c1-c1nc3cc(-c4cc5cccc(OC)c5[nH]4)ccc3s1)CCNC2. The minimum Gasteiger partial charge on any atom is -0.495 e. The monoisotopic (exact) mass is 561 g/mol. The molecule has 0 radical (unpaired) electrons. The lowest BCUT2D eigenvalue weighted by Crippen LogP contribution is -2.24. The first-order valence-corrected chi connectivity index (χ1v) is 14.7. The van der Waals surface area contributed by atoms with Gasteiger partial charge in [0.15, 0.2) is 0 Å². The molecule has 0 saturated carbocycles. The number of thiazole rings is 1. The summed E-state index contributed by atoms with van der Waals surface area (Å²) in [5, 5.41) is 12.8. The molecule has 5 aromatic rings. The number of H-pyrrole nitrogens is 1. The van der Waals surface area contributed by atoms with E-state index < -0.39 is 0 Å². The van der Waals surface area contributed by atoms with Gasteiger partial charge in [-0.3, -0.25) is 4.79 Å². The molecule has 1 amide bonds. The Hall–Kier alpha value is -3.28. The van der Waals surface area contributed by atoms with Crippen molar-refractivity contribution in [3.05, 3.63) is 52.9 Å². The van der Waals surface area contributed by atoms with Crippen molar-refractivity contribution >= 4 is 54.7 Å². The molecule has 6 rings (SSSR count). The molecule has 0 spiro atoms. The van der Waals surface area contributed by atoms with Gasteiger partial charge in [0.05, 0.1) is 29.5 Å². The number of rotatable bonds is 10. The molecule has 2 aromatic carbocycles. The molecular formula is C29H31N5O3S2. The fraction of sp³-hybridized carbons (Fsp3) is 0.310. The topological polar surface area (TPSA) is 100 Å². The number of hydrogen-bond acceptors (Lipinski definition) is 8. The Morgan fingerprint density at radius 3 is 2.92 bits per heavy atom. The number of aromatic amines is 1. The van der Waals surface area contributed by atoms with Gasteiger partial charge in [-0.05, 0) is 42.8 Å². The largest absolute Gasteiger partial charge is 0.495 e. The van der Waals surface area contributed by atoms with Crippen molar-refractivity contribution < 1.29 is 14.3 Å². The third kappa shape index (κ3) is 5.30. The number of carbonyl (C=O) groups excluding carboxylic acids is 1. The molecule has 0 aliphatic carbocycles. The van der Waals surface area contributed by atoms with Crippen molar-refractivity contribution in [3.8, 4) is 27.6 Å². The Morgan fingerprint density at radius 1 is 1.13 bits per heavy atom. The molecule has 0 atom stereocenters. The Balaban J connectivity index is 1.30. The number of fused-ring (bicyclic) bond motifs is 3. The van der Waals surface area contributed by atoms with Crippen molar-refractivity contribution in [2.75, 3.05) is 45.8 Å². The van der Waals surface area contributed by atoms with Crippen LogP contribution in [0.5, 0.6) is 5.75 Å². The van der Waals surface area contributed by atoms with Crippen LogP contribution in [0.3, 0.4) is 0 Å². The molecule has 202 valence electrons. The van der Waals surface area contributed by atoms with Crippen LogP contribution in [0, 0.1) is 0 Å². The summed E-state index contributed by atoms with van der Waals surface area (Å²) in [4.78, 5) is 22.7. The fourth-order valence-electron chi connectivity index (χ4n) is 5.00. The van der Waals surface area contributed by atoms with E-state index in [0.29, 0.717) is 19.6 Å². The minimum absolute atomic E-state index is 0.00496. The average Bonchev–Trinajstić information content (AvgIpc) is 3.66. The lowest BCUT2D eigenvalue weighted by molar-refractivity contribution is -0.116. The summed E-state index contributed by atoms with van der Waals surface area (Å²) in [5.41, 5.74) is 6.42. The lowest BCUT2D eigenvalue weighted by Gasteiger charge is -2.13. The van der Waals surface area contributed by atoms with E-state index in [-0.39, 0.29) is 5.91 Å². The molecular weight excluding hydrogens is 530 g/mol. The first kappa shape index (κ1) is 26.0. The summed E-state index contributed by atoms with van der Waals surface area (Å²) < 4.78 is 11.7. The van der Waals surface area contributed by atoms with Crippen molar-refractivity contribution in [1.29, 1.82) is 0 Å². The van der Waals surface area contributed by atoms with E-state index in [4.69, 9.17) is 14.5 Å². The predicted molar refractivity (Wildman–Crippen MR) is 160 cm³/mol. The number of para-hydroxylation sites is 1. The molecule has 4 N–H and O–H groups in total. The molecule has 10 heteroatoms. The second-order valence-electron chi connectivity index (χ2n) is 9.48. The summed E-state index contributed by atoms with van der Waals surface area (Å²) in [5.74, 6) is 0.832. The number of ether oxygens (including phenoxy) is 2. The van der Waals surface area contributed by atoms with Crippen LogP contribution < -0.4 is 20.7 Å². The first-order valence-electron chi connectivity index (χ1n) is 13.1. The van der Waals surface area contributed by atoms with Gasteiger partial charge < -0.3 is 30.4 Å². The number of amides is 1. The van der Waals surface area contributed by atoms with Crippen LogP contribution in [0.25, 0.3) is 42.9 Å². The maximum Gasteiger partial charge on any atom is 0.226 e. The molecule has 3 aromatic heterocycles. The smallest absolute Gasteiger partial charge is 0.226 e. The van der Waals surface area contributed by atoms with Gasteiger partial charge in [0, 0.05) is 60.2 Å². The maximum atomic E-state index is 12.8. The van der Waals surface area contributed by atoms with E-state index >= 15 is 0 Å². The summed E-state index contributed by atoms with van der Waals surface area (Å²) in [6, 6.07) is 14.6. The second-order valence-corrected chi connectivity index (χ2v) is 11.6. The average molecular weight is 562 g/mol. The van der Waals surface area contributed by atoms with Crippen molar-refractivity contribution in [1.82, 2.24) is 20.6 Å². The Bertz CT molecular complexity index is 1640. The Morgan fingerprint density at radius 2 is 2.05 bits per heavy atom. The van der Waals surface area contributed by atoms with Gasteiger partial charge in [0.1, 0.15) is 15.8 Å². The zero-order valence-corrected chi connectivity index (χ0v) is 23.6. The van der Waals surface area contributed by atoms with E-state index in [1.54, 1.807) is 36.9 Å². The normalized spacial score (nSPS) is 13.2. The van der Waals surface area contributed by atoms with Crippen LogP contribution in [0.15, 0.2) is 42.5 Å². The number of anilines is 1. The van der Waals surface area contributed by atoms with Crippen LogP contribution in [0.2, 0.25) is 0 Å². The molecule has 0 unspecified atom stereocenters. The number of nitrogens with one attached hydrogen (secondary N) is 4. The molecule has 8 nitrogen and oxygen atoms in total. The highest BCUT2D eigenvalue weighted by Gasteiger charge is 2.25. The zero-order valence-electron chi connectivity index (χ0n) is 22.0. The predicted octanol–water partition coefficient (Wildman–Crippen LogP) is 5.39. The van der Waals surface area contributed by atoms with Gasteiger partial charge in [-0.15, -0.1) is 22.7 Å². The highest BCUT2D eigenvalue weighted by Crippen LogP contribution is 2.45. The molecule has 1 aliphatic rings. The Kier molecular flexibility index (Phi) is 7.62. The van der Waals surface area contributed by atoms with Gasteiger partial charge >= 0.3 is 0 Å². The van der Waals surface area contributed by atoms with Crippen LogP contribution in [0.4, 0.5) is 5.00 Å². The van der Waals surface area contributed by atoms with E-state index in [9.17, 15) is 4.79 Å². The maximum absolute atomic E-state index is 12.8. The standard InChI is InChI=1S/C29H31N5O3S2/c1-36-13-12-30-11-9-25(35)34-29-26(19-8-10-31-16-24(19)39-29)28-33-21-14-17(6-7-23(21)38-28)20-15-18-4-3-5-22(37-2)27(18)32-20/h3-7,14-15,30-32H,8-13,16H2,1-2H3,(H,34,35). The van der Waals surface area contributed by atoms with E-state index in [0.717, 1.165) is 79.8 Å². The van der Waals surface area contributed by atoms with Gasteiger partial charge in [0.25, 0.3) is 0 Å². The van der Waals surface area contributed by atoms with Crippen LogP contribution in [-0.2, 0) is 22.5 Å². The van der Waals surface area contributed by atoms with Crippen LogP contribution >= 0.6 is 22.7 Å². The fourth-order valence-corrected chi connectivity index (χ4v) is 7.32. The highest BCUT2D eigenvalue weighted by atomic mass is 32.1. The first-order chi connectivity index (χ1) is 19.1. The van der Waals surface area contributed by atoms with E-state index in [2.05, 4.69) is 51.3 Å². The third-order valence-electron chi connectivity index (χ3n) is 6.94. The number of nitrogens with zero attached hydrogens (tertiary/aromatic N) is 1. The number of carbonyl (C=O) groups is 1. The molecule has 1 aliphatic heterocycles. The zero-order chi connectivity index (χ0) is 26.8. The quantitative estimate of drug-likeness (QED) is 0.171. The van der Waals surface area contributed by atoms with Gasteiger partial charge in [0.2, 0.25) is 5.91 Å². The molecule has 0 fully saturated rings.